The maximum atomic E-state index is 9.57. The highest BCUT2D eigenvalue weighted by molar-refractivity contribution is 7.70. The van der Waals surface area contributed by atoms with E-state index in [4.69, 9.17) is 0 Å². The Morgan fingerprint density at radius 1 is 1.62 bits per heavy atom. The SMILES string of the molecule is CC1CCC[P]1(C)O. The highest BCUT2D eigenvalue weighted by Gasteiger charge is 2.30. The van der Waals surface area contributed by atoms with Gasteiger partial charge in [0.2, 0.25) is 0 Å². The highest BCUT2D eigenvalue weighted by Crippen LogP contribution is 2.61. The lowest BCUT2D eigenvalue weighted by molar-refractivity contribution is 0.600. The normalized spacial score (nSPS) is 47.6. The Kier molecular flexibility index (Phi) is 1.60. The Labute approximate surface area is 51.5 Å². The monoisotopic (exact) mass is 133 g/mol. The van der Waals surface area contributed by atoms with Gasteiger partial charge in [-0.2, -0.15) is 0 Å². The van der Waals surface area contributed by atoms with E-state index in [1.54, 1.807) is 0 Å². The minimum Gasteiger partial charge on any atom is -0.380 e. The largest absolute Gasteiger partial charge is 0.380 e. The van der Waals surface area contributed by atoms with Gasteiger partial charge in [-0.15, -0.1) is 0 Å². The maximum Gasteiger partial charge on any atom is -0.00518 e. The Hall–Kier alpha value is 0.390. The van der Waals surface area contributed by atoms with Crippen LogP contribution in [0, 0.1) is 0 Å². The van der Waals surface area contributed by atoms with Crippen LogP contribution in [-0.2, 0) is 0 Å². The molecule has 0 aliphatic carbocycles. The van der Waals surface area contributed by atoms with Crippen molar-refractivity contribution in [3.63, 3.8) is 0 Å². The second-order valence-corrected chi connectivity index (χ2v) is 6.69. The molecule has 1 radical (unpaired) electrons. The molecule has 1 aliphatic rings. The Morgan fingerprint density at radius 3 is 2.38 bits per heavy atom. The Morgan fingerprint density at radius 2 is 2.25 bits per heavy atom. The first-order valence-electron chi connectivity index (χ1n) is 3.21. The van der Waals surface area contributed by atoms with E-state index >= 15 is 0 Å². The van der Waals surface area contributed by atoms with Gasteiger partial charge in [0.15, 0.2) is 0 Å². The quantitative estimate of drug-likeness (QED) is 0.499. The smallest absolute Gasteiger partial charge is 0.00518 e. The topological polar surface area (TPSA) is 20.2 Å². The minimum absolute atomic E-state index is 0.627. The molecule has 1 aliphatic heterocycles. The first-order chi connectivity index (χ1) is 3.63. The summed E-state index contributed by atoms with van der Waals surface area (Å²) >= 11 is 0. The average molecular weight is 133 g/mol. The zero-order valence-corrected chi connectivity index (χ0v) is 6.49. The van der Waals surface area contributed by atoms with E-state index < -0.39 is 7.49 Å². The summed E-state index contributed by atoms with van der Waals surface area (Å²) in [6.07, 6.45) is 3.61. The van der Waals surface area contributed by atoms with Gasteiger partial charge in [-0.3, -0.25) is 0 Å². The molecule has 0 aromatic heterocycles. The summed E-state index contributed by atoms with van der Waals surface area (Å²) in [7, 11) is -1.38. The predicted octanol–water partition coefficient (Wildman–Crippen LogP) is 1.72. The molecule has 2 heteroatoms. The van der Waals surface area contributed by atoms with E-state index in [1.165, 1.54) is 12.8 Å². The molecular weight excluding hydrogens is 119 g/mol. The van der Waals surface area contributed by atoms with Crippen LogP contribution in [0.1, 0.15) is 19.8 Å². The van der Waals surface area contributed by atoms with Crippen LogP contribution in [0.15, 0.2) is 0 Å². The third-order valence-corrected chi connectivity index (χ3v) is 5.56. The predicted molar refractivity (Wildman–Crippen MR) is 38.6 cm³/mol. The van der Waals surface area contributed by atoms with Gasteiger partial charge in [0, 0.05) is 0 Å². The minimum atomic E-state index is -1.38. The summed E-state index contributed by atoms with van der Waals surface area (Å²) in [6.45, 7) is 4.21. The molecule has 8 heavy (non-hydrogen) atoms. The molecule has 0 bridgehead atoms. The summed E-state index contributed by atoms with van der Waals surface area (Å²) < 4.78 is 0. The van der Waals surface area contributed by atoms with Crippen LogP contribution >= 0.6 is 7.49 Å². The molecular formula is C6H14OP. The van der Waals surface area contributed by atoms with Gasteiger partial charge < -0.3 is 4.89 Å². The molecule has 1 nitrogen and oxygen atoms in total. The van der Waals surface area contributed by atoms with Gasteiger partial charge in [-0.1, -0.05) is 6.92 Å². The molecule has 1 rings (SSSR count). The molecule has 0 amide bonds. The van der Waals surface area contributed by atoms with Crippen LogP contribution in [0.2, 0.25) is 0 Å². The zero-order valence-electron chi connectivity index (χ0n) is 5.59. The van der Waals surface area contributed by atoms with Gasteiger partial charge in [0.1, 0.15) is 0 Å². The van der Waals surface area contributed by atoms with Crippen LogP contribution in [0.25, 0.3) is 0 Å². The molecule has 2 atom stereocenters. The fourth-order valence-corrected chi connectivity index (χ4v) is 3.21. The van der Waals surface area contributed by atoms with Gasteiger partial charge in [0.05, 0.1) is 0 Å². The van der Waals surface area contributed by atoms with Crippen LogP contribution in [-0.4, -0.2) is 23.4 Å². The van der Waals surface area contributed by atoms with Gasteiger partial charge in [-0.25, -0.2) is 0 Å². The highest BCUT2D eigenvalue weighted by atomic mass is 31.2. The summed E-state index contributed by atoms with van der Waals surface area (Å²) in [6, 6.07) is 0. The molecule has 49 valence electrons. The second-order valence-electron chi connectivity index (χ2n) is 2.93. The number of hydrogen-bond acceptors (Lipinski definition) is 1. The van der Waals surface area contributed by atoms with Gasteiger partial charge in [-0.05, 0) is 38.8 Å². The second kappa shape index (κ2) is 1.97. The van der Waals surface area contributed by atoms with Crippen molar-refractivity contribution in [2.24, 2.45) is 0 Å². The van der Waals surface area contributed by atoms with Crippen molar-refractivity contribution in [3.05, 3.63) is 0 Å². The first kappa shape index (κ1) is 6.51. The molecule has 1 fully saturated rings. The third kappa shape index (κ3) is 1.04. The third-order valence-electron chi connectivity index (χ3n) is 2.18. The summed E-state index contributed by atoms with van der Waals surface area (Å²) in [5.41, 5.74) is 0.627. The average Bonchev–Trinajstić information content (AvgIpc) is 1.86. The van der Waals surface area contributed by atoms with Crippen molar-refractivity contribution >= 4 is 7.49 Å². The maximum absolute atomic E-state index is 9.57. The zero-order chi connectivity index (χ0) is 6.20. The van der Waals surface area contributed by atoms with Gasteiger partial charge in [0.25, 0.3) is 0 Å². The van der Waals surface area contributed by atoms with Crippen LogP contribution in [0.4, 0.5) is 0 Å². The Balaban J connectivity index is 2.54. The van der Waals surface area contributed by atoms with Crippen LogP contribution in [0.3, 0.4) is 0 Å². The molecule has 0 saturated carbocycles. The van der Waals surface area contributed by atoms with E-state index in [1.807, 2.05) is 6.66 Å². The van der Waals surface area contributed by atoms with E-state index in [0.29, 0.717) is 5.66 Å². The lowest BCUT2D eigenvalue weighted by atomic mass is 10.3. The lowest BCUT2D eigenvalue weighted by Gasteiger charge is -2.23. The summed E-state index contributed by atoms with van der Waals surface area (Å²) in [4.78, 5) is 9.57. The molecule has 1 N–H and O–H groups in total. The van der Waals surface area contributed by atoms with Crippen molar-refractivity contribution in [3.8, 4) is 0 Å². The van der Waals surface area contributed by atoms with Crippen molar-refractivity contribution in [1.29, 1.82) is 0 Å². The van der Waals surface area contributed by atoms with E-state index in [2.05, 4.69) is 6.92 Å². The van der Waals surface area contributed by atoms with Crippen LogP contribution < -0.4 is 0 Å². The fourth-order valence-electron chi connectivity index (χ4n) is 1.21. The molecule has 0 aromatic carbocycles. The number of rotatable bonds is 0. The van der Waals surface area contributed by atoms with Crippen molar-refractivity contribution in [2.75, 3.05) is 12.8 Å². The van der Waals surface area contributed by atoms with Crippen LogP contribution in [0.5, 0.6) is 0 Å². The first-order valence-corrected chi connectivity index (χ1v) is 5.65. The summed E-state index contributed by atoms with van der Waals surface area (Å²) in [5, 5.41) is 0. The standard InChI is InChI=1S/C6H14OP/c1-6-4-3-5-8(6,2)7/h6-7H,3-5H2,1-2H3. The lowest BCUT2D eigenvalue weighted by Crippen LogP contribution is -2.00. The molecule has 2 unspecified atom stereocenters. The van der Waals surface area contributed by atoms with Crippen molar-refractivity contribution < 1.29 is 4.89 Å². The van der Waals surface area contributed by atoms with E-state index in [-0.39, 0.29) is 0 Å². The molecule has 0 aromatic rings. The van der Waals surface area contributed by atoms with Crippen molar-refractivity contribution in [1.82, 2.24) is 0 Å². The van der Waals surface area contributed by atoms with Gasteiger partial charge >= 0.3 is 0 Å². The molecule has 1 heterocycles. The van der Waals surface area contributed by atoms with E-state index in [0.717, 1.165) is 6.16 Å². The Bertz CT molecular complexity index is 90.5. The number of hydrogen-bond donors (Lipinski definition) is 1. The van der Waals surface area contributed by atoms with Crippen molar-refractivity contribution in [2.45, 2.75) is 25.4 Å². The molecule has 0 spiro atoms. The fraction of sp³-hybridized carbons (Fsp3) is 1.00. The molecule has 1 saturated heterocycles. The van der Waals surface area contributed by atoms with E-state index in [9.17, 15) is 4.89 Å². The summed E-state index contributed by atoms with van der Waals surface area (Å²) in [5.74, 6) is 0.